The maximum Gasteiger partial charge on any atom is 0.336 e. The summed E-state index contributed by atoms with van der Waals surface area (Å²) in [4.78, 5) is 24.0. The van der Waals surface area contributed by atoms with E-state index in [9.17, 15) is 19.8 Å². The Balaban J connectivity index is 2.14. The zero-order valence-electron chi connectivity index (χ0n) is 13.6. The Morgan fingerprint density at radius 1 is 0.538 bits per heavy atom. The van der Waals surface area contributed by atoms with Gasteiger partial charge >= 0.3 is 11.9 Å². The van der Waals surface area contributed by atoms with E-state index in [1.54, 1.807) is 36.4 Å². The molecule has 0 heterocycles. The van der Waals surface area contributed by atoms with Gasteiger partial charge < -0.3 is 10.2 Å². The van der Waals surface area contributed by atoms with Crippen LogP contribution in [0.15, 0.2) is 72.8 Å². The van der Waals surface area contributed by atoms with Crippen molar-refractivity contribution in [2.45, 2.75) is 0 Å². The van der Waals surface area contributed by atoms with Crippen LogP contribution < -0.4 is 0 Å². The topological polar surface area (TPSA) is 74.6 Å². The average Bonchev–Trinajstić information content (AvgIpc) is 2.65. The first-order valence-electron chi connectivity index (χ1n) is 8.08. The Morgan fingerprint density at radius 2 is 0.923 bits per heavy atom. The summed E-state index contributed by atoms with van der Waals surface area (Å²) in [7, 11) is 0. The van der Waals surface area contributed by atoms with Gasteiger partial charge in [-0.05, 0) is 32.7 Å². The highest BCUT2D eigenvalue weighted by Crippen LogP contribution is 2.35. The van der Waals surface area contributed by atoms with Crippen LogP contribution in [0.4, 0.5) is 0 Å². The summed E-state index contributed by atoms with van der Waals surface area (Å²) in [6.45, 7) is 0. The van der Waals surface area contributed by atoms with Crippen molar-refractivity contribution >= 4 is 33.5 Å². The number of aromatic carboxylic acids is 2. The van der Waals surface area contributed by atoms with Crippen molar-refractivity contribution in [2.75, 3.05) is 0 Å². The summed E-state index contributed by atoms with van der Waals surface area (Å²) in [5.74, 6) is -2.16. The average molecular weight is 342 g/mol. The van der Waals surface area contributed by atoms with E-state index in [-0.39, 0.29) is 11.1 Å². The molecule has 0 bridgehead atoms. The van der Waals surface area contributed by atoms with E-state index < -0.39 is 11.9 Å². The van der Waals surface area contributed by atoms with Gasteiger partial charge in [0.1, 0.15) is 0 Å². The maximum absolute atomic E-state index is 12.0. The molecule has 0 radical (unpaired) electrons. The molecule has 4 nitrogen and oxygen atoms in total. The molecule has 0 aromatic heterocycles. The first-order chi connectivity index (χ1) is 12.6. The number of benzene rings is 4. The smallest absolute Gasteiger partial charge is 0.336 e. The Hall–Kier alpha value is -3.66. The van der Waals surface area contributed by atoms with Crippen LogP contribution >= 0.6 is 0 Å². The summed E-state index contributed by atoms with van der Waals surface area (Å²) >= 11 is 0. The van der Waals surface area contributed by atoms with E-state index in [2.05, 4.69) is 0 Å². The molecule has 26 heavy (non-hydrogen) atoms. The van der Waals surface area contributed by atoms with Crippen molar-refractivity contribution in [2.24, 2.45) is 0 Å². The Kier molecular flexibility index (Phi) is 3.66. The lowest BCUT2D eigenvalue weighted by molar-refractivity contribution is 0.0686. The second kappa shape index (κ2) is 6.01. The van der Waals surface area contributed by atoms with Gasteiger partial charge in [-0.1, -0.05) is 72.8 Å². The highest BCUT2D eigenvalue weighted by Gasteiger charge is 2.21. The first kappa shape index (κ1) is 15.8. The monoisotopic (exact) mass is 342 g/mol. The molecule has 4 aromatic rings. The van der Waals surface area contributed by atoms with E-state index in [1.165, 1.54) is 0 Å². The lowest BCUT2D eigenvalue weighted by atomic mass is 9.89. The maximum atomic E-state index is 12.0. The van der Waals surface area contributed by atoms with Gasteiger partial charge in [-0.25, -0.2) is 9.59 Å². The molecule has 4 heteroatoms. The van der Waals surface area contributed by atoms with E-state index in [0.717, 1.165) is 10.8 Å². The van der Waals surface area contributed by atoms with Crippen molar-refractivity contribution in [3.05, 3.63) is 83.9 Å². The fourth-order valence-corrected chi connectivity index (χ4v) is 3.45. The lowest BCUT2D eigenvalue weighted by Gasteiger charge is -2.14. The predicted octanol–water partition coefficient (Wildman–Crippen LogP) is 5.06. The number of carbonyl (C=O) groups is 2. The molecule has 0 aliphatic heterocycles. The number of hydrogen-bond acceptors (Lipinski definition) is 2. The van der Waals surface area contributed by atoms with Gasteiger partial charge in [0.05, 0.1) is 11.1 Å². The molecule has 4 aromatic carbocycles. The Labute approximate surface area is 148 Å². The van der Waals surface area contributed by atoms with Crippen LogP contribution in [0.5, 0.6) is 0 Å². The molecule has 0 aliphatic carbocycles. The number of carboxylic acid groups (broad SMARTS) is 2. The third-order valence-electron chi connectivity index (χ3n) is 4.58. The van der Waals surface area contributed by atoms with Crippen molar-refractivity contribution in [1.29, 1.82) is 0 Å². The van der Waals surface area contributed by atoms with E-state index in [0.29, 0.717) is 21.9 Å². The van der Waals surface area contributed by atoms with Gasteiger partial charge in [0.25, 0.3) is 0 Å². The lowest BCUT2D eigenvalue weighted by Crippen LogP contribution is -2.06. The highest BCUT2D eigenvalue weighted by molar-refractivity contribution is 6.15. The zero-order valence-corrected chi connectivity index (χ0v) is 13.6. The zero-order chi connectivity index (χ0) is 18.3. The number of rotatable bonds is 3. The summed E-state index contributed by atoms with van der Waals surface area (Å²) in [5, 5.41) is 22.4. The van der Waals surface area contributed by atoms with Gasteiger partial charge in [-0.3, -0.25) is 0 Å². The molecule has 4 rings (SSSR count). The SMILES string of the molecule is O=C(O)c1c(-c2ccc3ccccc3c2C(=O)O)ccc2ccccc12. The first-order valence-corrected chi connectivity index (χ1v) is 8.08. The van der Waals surface area contributed by atoms with Crippen LogP contribution in [0.1, 0.15) is 20.7 Å². The molecule has 0 saturated heterocycles. The van der Waals surface area contributed by atoms with Crippen LogP contribution in [0, 0.1) is 0 Å². The highest BCUT2D eigenvalue weighted by atomic mass is 16.4. The molecule has 2 N–H and O–H groups in total. The van der Waals surface area contributed by atoms with E-state index in [1.807, 2.05) is 36.4 Å². The molecule has 0 saturated carbocycles. The van der Waals surface area contributed by atoms with Crippen LogP contribution in [0.3, 0.4) is 0 Å². The molecule has 0 spiro atoms. The molecular weight excluding hydrogens is 328 g/mol. The van der Waals surface area contributed by atoms with Gasteiger partial charge in [0.15, 0.2) is 0 Å². The van der Waals surface area contributed by atoms with Gasteiger partial charge in [0.2, 0.25) is 0 Å². The summed E-state index contributed by atoms with van der Waals surface area (Å²) in [5.41, 5.74) is 1.03. The number of fused-ring (bicyclic) bond motifs is 2. The van der Waals surface area contributed by atoms with Crippen molar-refractivity contribution in [3.8, 4) is 11.1 Å². The van der Waals surface area contributed by atoms with Crippen LogP contribution in [0.2, 0.25) is 0 Å². The van der Waals surface area contributed by atoms with Gasteiger partial charge in [-0.2, -0.15) is 0 Å². The summed E-state index contributed by atoms with van der Waals surface area (Å²) < 4.78 is 0. The third kappa shape index (κ3) is 2.40. The molecule has 0 aliphatic rings. The fraction of sp³-hybridized carbons (Fsp3) is 0. The molecule has 126 valence electrons. The minimum Gasteiger partial charge on any atom is -0.478 e. The van der Waals surface area contributed by atoms with Crippen molar-refractivity contribution in [1.82, 2.24) is 0 Å². The van der Waals surface area contributed by atoms with E-state index in [4.69, 9.17) is 0 Å². The molecule has 0 fully saturated rings. The molecule has 0 atom stereocenters. The minimum atomic E-state index is -1.08. The van der Waals surface area contributed by atoms with Gasteiger partial charge in [-0.15, -0.1) is 0 Å². The Morgan fingerprint density at radius 3 is 1.31 bits per heavy atom. The fourth-order valence-electron chi connectivity index (χ4n) is 3.45. The quantitative estimate of drug-likeness (QED) is 0.546. The molecule has 0 amide bonds. The van der Waals surface area contributed by atoms with Crippen LogP contribution in [-0.2, 0) is 0 Å². The summed E-state index contributed by atoms with van der Waals surface area (Å²) in [6.07, 6.45) is 0. The van der Waals surface area contributed by atoms with Crippen molar-refractivity contribution in [3.63, 3.8) is 0 Å². The number of carboxylic acids is 2. The molecular formula is C22H14O4. The van der Waals surface area contributed by atoms with Crippen molar-refractivity contribution < 1.29 is 19.8 Å². The van der Waals surface area contributed by atoms with Crippen LogP contribution in [0.25, 0.3) is 32.7 Å². The predicted molar refractivity (Wildman–Crippen MR) is 101 cm³/mol. The second-order valence-electron chi connectivity index (χ2n) is 6.03. The van der Waals surface area contributed by atoms with E-state index >= 15 is 0 Å². The largest absolute Gasteiger partial charge is 0.478 e. The standard InChI is InChI=1S/C22H14O4/c23-21(24)19-15-7-3-1-5-13(15)9-11-17(19)18-12-10-14-6-2-4-8-16(14)20(18)22(25)26/h1-12H,(H,23,24)(H,25,26). The normalized spacial score (nSPS) is 10.9. The molecule has 0 unspecified atom stereocenters. The van der Waals surface area contributed by atoms with Gasteiger partial charge in [0, 0.05) is 0 Å². The minimum absolute atomic E-state index is 0.112. The number of hydrogen-bond donors (Lipinski definition) is 2. The van der Waals surface area contributed by atoms with Crippen LogP contribution in [-0.4, -0.2) is 22.2 Å². The second-order valence-corrected chi connectivity index (χ2v) is 6.03. The summed E-state index contributed by atoms with van der Waals surface area (Å²) in [6, 6.07) is 21.4. The Bertz CT molecular complexity index is 1100. The third-order valence-corrected chi connectivity index (χ3v) is 4.58.